The monoisotopic (exact) mass is 359 g/mol. The average molecular weight is 359 g/mol. The Morgan fingerprint density at radius 1 is 1.04 bits per heavy atom. The summed E-state index contributed by atoms with van der Waals surface area (Å²) in [7, 11) is 3.43. The third kappa shape index (κ3) is 5.81. The van der Waals surface area contributed by atoms with Crippen molar-refractivity contribution in [3.05, 3.63) is 52.5 Å². The topological polar surface area (TPSA) is 68.0 Å². The van der Waals surface area contributed by atoms with Crippen molar-refractivity contribution in [3.63, 3.8) is 0 Å². The van der Waals surface area contributed by atoms with Gasteiger partial charge in [0.1, 0.15) is 23.9 Å². The largest absolute Gasteiger partial charge is 0.491 e. The van der Waals surface area contributed by atoms with Crippen molar-refractivity contribution in [2.45, 2.75) is 33.9 Å². The molecule has 1 aromatic carbocycles. The summed E-state index contributed by atoms with van der Waals surface area (Å²) in [5, 5.41) is 6.64. The molecule has 0 atom stereocenters. The number of aliphatic imine (C=N–C) groups is 1. The molecule has 0 aliphatic carbocycles. The zero-order valence-corrected chi connectivity index (χ0v) is 16.3. The first-order valence-electron chi connectivity index (χ1n) is 8.75. The third-order valence-electron chi connectivity index (χ3n) is 4.03. The Morgan fingerprint density at radius 2 is 1.77 bits per heavy atom. The first kappa shape index (κ1) is 19.8. The summed E-state index contributed by atoms with van der Waals surface area (Å²) in [5.74, 6) is 3.44. The second-order valence-electron chi connectivity index (χ2n) is 6.17. The molecule has 2 rings (SSSR count). The maximum atomic E-state index is 5.83. The van der Waals surface area contributed by atoms with E-state index in [-0.39, 0.29) is 0 Å². The highest BCUT2D eigenvalue weighted by atomic mass is 16.5. The van der Waals surface area contributed by atoms with Crippen LogP contribution in [-0.4, -0.2) is 33.3 Å². The van der Waals surface area contributed by atoms with Crippen LogP contribution in [0.15, 0.2) is 33.7 Å². The third-order valence-corrected chi connectivity index (χ3v) is 4.03. The molecule has 0 saturated carbocycles. The number of ether oxygens (including phenoxy) is 2. The highest BCUT2D eigenvalue weighted by Gasteiger charge is 2.08. The van der Waals surface area contributed by atoms with Crippen molar-refractivity contribution < 1.29 is 13.9 Å². The summed E-state index contributed by atoms with van der Waals surface area (Å²) >= 11 is 0. The molecule has 1 aromatic heterocycles. The van der Waals surface area contributed by atoms with Crippen LogP contribution in [0.5, 0.6) is 5.75 Å². The fourth-order valence-electron chi connectivity index (χ4n) is 2.61. The van der Waals surface area contributed by atoms with Crippen molar-refractivity contribution in [2.24, 2.45) is 4.99 Å². The molecule has 6 heteroatoms. The van der Waals surface area contributed by atoms with E-state index in [0.29, 0.717) is 26.3 Å². The van der Waals surface area contributed by atoms with Gasteiger partial charge < -0.3 is 24.5 Å². The number of nitrogens with one attached hydrogen (secondary N) is 2. The van der Waals surface area contributed by atoms with Crippen molar-refractivity contribution >= 4 is 5.96 Å². The molecular weight excluding hydrogens is 330 g/mol. The van der Waals surface area contributed by atoms with E-state index in [2.05, 4.69) is 34.7 Å². The lowest BCUT2D eigenvalue weighted by Gasteiger charge is -2.15. The van der Waals surface area contributed by atoms with E-state index in [1.54, 1.807) is 14.2 Å². The van der Waals surface area contributed by atoms with Crippen molar-refractivity contribution in [1.29, 1.82) is 0 Å². The first-order chi connectivity index (χ1) is 12.5. The number of furan rings is 1. The number of nitrogens with zero attached hydrogens (tertiary/aromatic N) is 1. The lowest BCUT2D eigenvalue weighted by atomic mass is 10.1. The van der Waals surface area contributed by atoms with Crippen LogP contribution in [0.3, 0.4) is 0 Å². The number of hydrogen-bond acceptors (Lipinski definition) is 4. The number of guanidine groups is 1. The van der Waals surface area contributed by atoms with Gasteiger partial charge in [0.2, 0.25) is 0 Å². The molecule has 26 heavy (non-hydrogen) atoms. The molecule has 6 nitrogen and oxygen atoms in total. The SMILES string of the molecule is CN=C(NCc1ccc(C)cc1OCCOC)NCc1cc(C)oc1C. The summed E-state index contributed by atoms with van der Waals surface area (Å²) in [5.41, 5.74) is 3.36. The van der Waals surface area contributed by atoms with Gasteiger partial charge in [-0.3, -0.25) is 4.99 Å². The van der Waals surface area contributed by atoms with Gasteiger partial charge in [-0.2, -0.15) is 0 Å². The van der Waals surface area contributed by atoms with Crippen LogP contribution >= 0.6 is 0 Å². The quantitative estimate of drug-likeness (QED) is 0.431. The molecule has 0 saturated heterocycles. The predicted octanol–water partition coefficient (Wildman–Crippen LogP) is 3.10. The molecule has 0 unspecified atom stereocenters. The standard InChI is InChI=1S/C20H29N3O3/c1-14-6-7-17(19(10-14)25-9-8-24-5)12-22-20(21-4)23-13-18-11-15(2)26-16(18)3/h6-7,10-11H,8-9,12-13H2,1-5H3,(H2,21,22,23). The summed E-state index contributed by atoms with van der Waals surface area (Å²) in [6.45, 7) is 8.34. The van der Waals surface area contributed by atoms with Gasteiger partial charge in [0.25, 0.3) is 0 Å². The molecular formula is C20H29N3O3. The molecule has 142 valence electrons. The molecule has 0 spiro atoms. The molecule has 0 aliphatic heterocycles. The fourth-order valence-corrected chi connectivity index (χ4v) is 2.61. The predicted molar refractivity (Wildman–Crippen MR) is 104 cm³/mol. The van der Waals surface area contributed by atoms with E-state index in [4.69, 9.17) is 13.9 Å². The van der Waals surface area contributed by atoms with E-state index < -0.39 is 0 Å². The molecule has 0 aliphatic rings. The van der Waals surface area contributed by atoms with Crippen LogP contribution in [0.25, 0.3) is 0 Å². The Hall–Kier alpha value is -2.47. The number of methoxy groups -OCH3 is 1. The van der Waals surface area contributed by atoms with Crippen LogP contribution in [0.4, 0.5) is 0 Å². The number of benzene rings is 1. The number of rotatable bonds is 8. The molecule has 0 radical (unpaired) electrons. The number of hydrogen-bond donors (Lipinski definition) is 2. The number of aryl methyl sites for hydroxylation is 3. The van der Waals surface area contributed by atoms with Crippen LogP contribution < -0.4 is 15.4 Å². The zero-order valence-electron chi connectivity index (χ0n) is 16.3. The minimum absolute atomic E-state index is 0.527. The molecule has 0 fully saturated rings. The van der Waals surface area contributed by atoms with Crippen LogP contribution in [-0.2, 0) is 17.8 Å². The lowest BCUT2D eigenvalue weighted by molar-refractivity contribution is 0.145. The van der Waals surface area contributed by atoms with Crippen LogP contribution in [0.2, 0.25) is 0 Å². The fraction of sp³-hybridized carbons (Fsp3) is 0.450. The second-order valence-corrected chi connectivity index (χ2v) is 6.17. The van der Waals surface area contributed by atoms with Crippen LogP contribution in [0, 0.1) is 20.8 Å². The molecule has 2 aromatic rings. The van der Waals surface area contributed by atoms with E-state index in [1.165, 1.54) is 0 Å². The van der Waals surface area contributed by atoms with Crippen LogP contribution in [0.1, 0.15) is 28.2 Å². The van der Waals surface area contributed by atoms with Gasteiger partial charge in [0, 0.05) is 38.4 Å². The van der Waals surface area contributed by atoms with Gasteiger partial charge in [0.05, 0.1) is 6.61 Å². The second kappa shape index (κ2) is 9.87. The molecule has 2 N–H and O–H groups in total. The molecule has 0 amide bonds. The zero-order chi connectivity index (χ0) is 18.9. The van der Waals surface area contributed by atoms with Gasteiger partial charge in [-0.25, -0.2) is 0 Å². The van der Waals surface area contributed by atoms with Gasteiger partial charge in [0.15, 0.2) is 5.96 Å². The Morgan fingerprint density at radius 3 is 2.38 bits per heavy atom. The van der Waals surface area contributed by atoms with E-state index in [0.717, 1.165) is 39.9 Å². The summed E-state index contributed by atoms with van der Waals surface area (Å²) in [6, 6.07) is 8.23. The van der Waals surface area contributed by atoms with Crippen molar-refractivity contribution in [1.82, 2.24) is 10.6 Å². The Bertz CT molecular complexity index is 738. The van der Waals surface area contributed by atoms with Gasteiger partial charge in [-0.1, -0.05) is 12.1 Å². The molecule has 0 bridgehead atoms. The minimum atomic E-state index is 0.527. The van der Waals surface area contributed by atoms with E-state index in [9.17, 15) is 0 Å². The van der Waals surface area contributed by atoms with Gasteiger partial charge in [-0.05, 0) is 38.5 Å². The van der Waals surface area contributed by atoms with Crippen molar-refractivity contribution in [2.75, 3.05) is 27.4 Å². The van der Waals surface area contributed by atoms with Gasteiger partial charge in [-0.15, -0.1) is 0 Å². The summed E-state index contributed by atoms with van der Waals surface area (Å²) in [6.07, 6.45) is 0. The molecule has 1 heterocycles. The van der Waals surface area contributed by atoms with E-state index in [1.807, 2.05) is 26.0 Å². The van der Waals surface area contributed by atoms with Crippen molar-refractivity contribution in [3.8, 4) is 5.75 Å². The summed E-state index contributed by atoms with van der Waals surface area (Å²) < 4.78 is 16.4. The Kier molecular flexibility index (Phi) is 7.53. The minimum Gasteiger partial charge on any atom is -0.491 e. The maximum absolute atomic E-state index is 5.83. The highest BCUT2D eigenvalue weighted by Crippen LogP contribution is 2.20. The Balaban J connectivity index is 1.94. The smallest absolute Gasteiger partial charge is 0.191 e. The highest BCUT2D eigenvalue weighted by molar-refractivity contribution is 5.79. The maximum Gasteiger partial charge on any atom is 0.191 e. The Labute approximate surface area is 155 Å². The van der Waals surface area contributed by atoms with Gasteiger partial charge >= 0.3 is 0 Å². The average Bonchev–Trinajstić information content (AvgIpc) is 2.94. The normalized spacial score (nSPS) is 11.5. The summed E-state index contributed by atoms with van der Waals surface area (Å²) in [4.78, 5) is 4.28. The lowest BCUT2D eigenvalue weighted by Crippen LogP contribution is -2.36. The van der Waals surface area contributed by atoms with E-state index >= 15 is 0 Å². The first-order valence-corrected chi connectivity index (χ1v) is 8.75.